The van der Waals surface area contributed by atoms with Crippen molar-refractivity contribution in [3.05, 3.63) is 23.9 Å². The first-order chi connectivity index (χ1) is 10.3. The van der Waals surface area contributed by atoms with Crippen molar-refractivity contribution >= 4 is 5.97 Å². The quantitative estimate of drug-likeness (QED) is 0.190. The number of nitrogens with zero attached hydrogens (tertiary/aromatic N) is 1. The zero-order valence-corrected chi connectivity index (χ0v) is 12.8. The molecule has 0 aliphatic rings. The molecule has 0 aromatic carbocycles. The summed E-state index contributed by atoms with van der Waals surface area (Å²) in [7, 11) is 0. The van der Waals surface area contributed by atoms with Gasteiger partial charge in [-0.3, -0.25) is 0 Å². The van der Waals surface area contributed by atoms with Crippen LogP contribution in [-0.4, -0.2) is 30.8 Å². The lowest BCUT2D eigenvalue weighted by Crippen LogP contribution is -2.10. The summed E-state index contributed by atoms with van der Waals surface area (Å²) < 4.78 is 5.06. The van der Waals surface area contributed by atoms with E-state index in [0.29, 0.717) is 13.2 Å². The standard InChI is InChI=1S/C16H26N2O3/c1-2-3-4-5-6-7-13-21-16(20)15(14-17)9-8-10-18-11-12-19/h8-10,18-19H,2-7,11-13H2,1H3/b10-8+,15-9+. The molecule has 5 heteroatoms. The zero-order chi connectivity index (χ0) is 15.8. The number of hydrogen-bond donors (Lipinski definition) is 2. The monoisotopic (exact) mass is 294 g/mol. The van der Waals surface area contributed by atoms with Gasteiger partial charge in [-0.05, 0) is 24.8 Å². The Morgan fingerprint density at radius 3 is 2.67 bits per heavy atom. The van der Waals surface area contributed by atoms with Crippen molar-refractivity contribution in [3.8, 4) is 6.07 Å². The number of aliphatic hydroxyl groups is 1. The Labute approximate surface area is 127 Å². The maximum absolute atomic E-state index is 11.6. The third-order valence-electron chi connectivity index (χ3n) is 2.80. The molecule has 0 saturated heterocycles. The van der Waals surface area contributed by atoms with Crippen LogP contribution >= 0.6 is 0 Å². The molecule has 0 bridgehead atoms. The molecule has 0 spiro atoms. The summed E-state index contributed by atoms with van der Waals surface area (Å²) >= 11 is 0. The highest BCUT2D eigenvalue weighted by atomic mass is 16.5. The molecule has 0 aromatic rings. The molecule has 0 aromatic heterocycles. The molecule has 0 fully saturated rings. The molecule has 0 saturated carbocycles. The summed E-state index contributed by atoms with van der Waals surface area (Å²) in [6.45, 7) is 2.98. The van der Waals surface area contributed by atoms with Crippen LogP contribution in [0.25, 0.3) is 0 Å². The van der Waals surface area contributed by atoms with Crippen molar-refractivity contribution < 1.29 is 14.6 Å². The molecular weight excluding hydrogens is 268 g/mol. The van der Waals surface area contributed by atoms with Crippen LogP contribution in [0.4, 0.5) is 0 Å². The molecule has 2 N–H and O–H groups in total. The van der Waals surface area contributed by atoms with E-state index in [1.807, 2.05) is 6.07 Å². The average Bonchev–Trinajstić information content (AvgIpc) is 2.50. The Balaban J connectivity index is 3.87. The lowest BCUT2D eigenvalue weighted by molar-refractivity contribution is -0.138. The van der Waals surface area contributed by atoms with Crippen molar-refractivity contribution in [1.29, 1.82) is 5.26 Å². The fourth-order valence-corrected chi connectivity index (χ4v) is 1.64. The second-order valence-corrected chi connectivity index (χ2v) is 4.63. The van der Waals surface area contributed by atoms with Gasteiger partial charge >= 0.3 is 5.97 Å². The number of allylic oxidation sites excluding steroid dienone is 2. The Morgan fingerprint density at radius 2 is 2.00 bits per heavy atom. The Hall–Kier alpha value is -1.80. The number of ether oxygens (including phenoxy) is 1. The Morgan fingerprint density at radius 1 is 1.29 bits per heavy atom. The average molecular weight is 294 g/mol. The lowest BCUT2D eigenvalue weighted by Gasteiger charge is -2.03. The predicted octanol–water partition coefficient (Wildman–Crippen LogP) is 2.44. The number of rotatable bonds is 12. The van der Waals surface area contributed by atoms with E-state index in [1.165, 1.54) is 25.3 Å². The fraction of sp³-hybridized carbons (Fsp3) is 0.625. The number of aliphatic hydroxyl groups excluding tert-OH is 1. The molecule has 0 radical (unpaired) electrons. The van der Waals surface area contributed by atoms with Crippen LogP contribution in [0.15, 0.2) is 23.9 Å². The molecule has 0 unspecified atom stereocenters. The SMILES string of the molecule is CCCCCCCCOC(=O)/C(C#N)=C/C=C/NCCO. The van der Waals surface area contributed by atoms with Crippen LogP contribution in [-0.2, 0) is 9.53 Å². The van der Waals surface area contributed by atoms with Gasteiger partial charge < -0.3 is 15.2 Å². The first-order valence-corrected chi connectivity index (χ1v) is 7.54. The number of nitrogens with one attached hydrogen (secondary N) is 1. The molecule has 0 amide bonds. The first kappa shape index (κ1) is 19.2. The van der Waals surface area contributed by atoms with E-state index in [0.717, 1.165) is 19.3 Å². The van der Waals surface area contributed by atoms with Gasteiger partial charge in [-0.1, -0.05) is 39.0 Å². The van der Waals surface area contributed by atoms with Gasteiger partial charge in [0, 0.05) is 6.54 Å². The third-order valence-corrected chi connectivity index (χ3v) is 2.80. The number of carbonyl (C=O) groups excluding carboxylic acids is 1. The zero-order valence-electron chi connectivity index (χ0n) is 12.8. The molecule has 118 valence electrons. The maximum Gasteiger partial charge on any atom is 0.348 e. The number of unbranched alkanes of at least 4 members (excludes halogenated alkanes) is 5. The van der Waals surface area contributed by atoms with Gasteiger partial charge in [-0.2, -0.15) is 5.26 Å². The molecular formula is C16H26N2O3. The summed E-state index contributed by atoms with van der Waals surface area (Å²) in [5, 5.41) is 20.2. The summed E-state index contributed by atoms with van der Waals surface area (Å²) in [5.41, 5.74) is -0.0250. The normalized spacial score (nSPS) is 11.4. The fourth-order valence-electron chi connectivity index (χ4n) is 1.64. The number of esters is 1. The molecule has 21 heavy (non-hydrogen) atoms. The lowest BCUT2D eigenvalue weighted by atomic mass is 10.1. The molecule has 0 atom stereocenters. The van der Waals surface area contributed by atoms with Crippen LogP contribution in [0, 0.1) is 11.3 Å². The van der Waals surface area contributed by atoms with Crippen LogP contribution in [0.1, 0.15) is 45.4 Å². The smallest absolute Gasteiger partial charge is 0.348 e. The van der Waals surface area contributed by atoms with Gasteiger partial charge in [0.05, 0.1) is 13.2 Å². The third kappa shape index (κ3) is 11.7. The number of nitriles is 1. The van der Waals surface area contributed by atoms with Gasteiger partial charge in [0.15, 0.2) is 0 Å². The molecule has 0 rings (SSSR count). The van der Waals surface area contributed by atoms with Crippen molar-refractivity contribution in [3.63, 3.8) is 0 Å². The predicted molar refractivity (Wildman–Crippen MR) is 82.3 cm³/mol. The van der Waals surface area contributed by atoms with E-state index in [9.17, 15) is 4.79 Å². The molecule has 0 heterocycles. The van der Waals surface area contributed by atoms with E-state index in [-0.39, 0.29) is 12.2 Å². The minimum atomic E-state index is -0.585. The first-order valence-electron chi connectivity index (χ1n) is 7.54. The summed E-state index contributed by atoms with van der Waals surface area (Å²) in [4.78, 5) is 11.6. The van der Waals surface area contributed by atoms with E-state index in [2.05, 4.69) is 12.2 Å². The highest BCUT2D eigenvalue weighted by Gasteiger charge is 2.08. The van der Waals surface area contributed by atoms with Gasteiger partial charge in [0.1, 0.15) is 11.6 Å². The van der Waals surface area contributed by atoms with Crippen LogP contribution in [0.5, 0.6) is 0 Å². The van der Waals surface area contributed by atoms with E-state index < -0.39 is 5.97 Å². The van der Waals surface area contributed by atoms with E-state index in [1.54, 1.807) is 12.3 Å². The van der Waals surface area contributed by atoms with Gasteiger partial charge in [0.2, 0.25) is 0 Å². The minimum Gasteiger partial charge on any atom is -0.462 e. The van der Waals surface area contributed by atoms with Gasteiger partial charge in [0.25, 0.3) is 0 Å². The molecule has 0 aliphatic heterocycles. The largest absolute Gasteiger partial charge is 0.462 e. The van der Waals surface area contributed by atoms with Crippen molar-refractivity contribution in [2.75, 3.05) is 19.8 Å². The second-order valence-electron chi connectivity index (χ2n) is 4.63. The summed E-state index contributed by atoms with van der Waals surface area (Å²) in [6.07, 6.45) is 11.2. The van der Waals surface area contributed by atoms with E-state index >= 15 is 0 Å². The van der Waals surface area contributed by atoms with Crippen LogP contribution in [0.3, 0.4) is 0 Å². The summed E-state index contributed by atoms with van der Waals surface area (Å²) in [5.74, 6) is -0.585. The second kappa shape index (κ2) is 14.6. The van der Waals surface area contributed by atoms with Crippen molar-refractivity contribution in [2.24, 2.45) is 0 Å². The van der Waals surface area contributed by atoms with Crippen LogP contribution in [0.2, 0.25) is 0 Å². The van der Waals surface area contributed by atoms with Gasteiger partial charge in [-0.25, -0.2) is 4.79 Å². The van der Waals surface area contributed by atoms with Crippen molar-refractivity contribution in [1.82, 2.24) is 5.32 Å². The minimum absolute atomic E-state index is 0.0250. The Bertz CT molecular complexity index is 370. The highest BCUT2D eigenvalue weighted by Crippen LogP contribution is 2.06. The molecule has 5 nitrogen and oxygen atoms in total. The molecule has 0 aliphatic carbocycles. The number of carbonyl (C=O) groups is 1. The Kier molecular flexibility index (Phi) is 13.4. The highest BCUT2D eigenvalue weighted by molar-refractivity contribution is 5.93. The van der Waals surface area contributed by atoms with Crippen LogP contribution < -0.4 is 5.32 Å². The van der Waals surface area contributed by atoms with Gasteiger partial charge in [-0.15, -0.1) is 0 Å². The van der Waals surface area contributed by atoms with Crippen molar-refractivity contribution in [2.45, 2.75) is 45.4 Å². The van der Waals surface area contributed by atoms with E-state index in [4.69, 9.17) is 15.1 Å². The maximum atomic E-state index is 11.6. The number of hydrogen-bond acceptors (Lipinski definition) is 5. The summed E-state index contributed by atoms with van der Waals surface area (Å²) in [6, 6.07) is 1.82. The topological polar surface area (TPSA) is 82.4 Å².